The van der Waals surface area contributed by atoms with Crippen molar-refractivity contribution in [2.24, 2.45) is 0 Å². The SMILES string of the molecule is Nc1ccc2c(c1)CN(C(=O)c1nc(N3CCOCC3)ncc1Cl)CC2. The molecule has 1 saturated heterocycles. The number of carbonyl (C=O) groups is 1. The average Bonchev–Trinajstić information content (AvgIpc) is 2.68. The van der Waals surface area contributed by atoms with Crippen molar-refractivity contribution < 1.29 is 9.53 Å². The van der Waals surface area contributed by atoms with Crippen molar-refractivity contribution in [1.29, 1.82) is 0 Å². The second kappa shape index (κ2) is 7.09. The number of carbonyl (C=O) groups excluding carboxylic acids is 1. The van der Waals surface area contributed by atoms with E-state index in [-0.39, 0.29) is 16.6 Å². The number of rotatable bonds is 2. The molecule has 0 bridgehead atoms. The summed E-state index contributed by atoms with van der Waals surface area (Å²) in [5.41, 5.74) is 9.13. The number of hydrogen-bond donors (Lipinski definition) is 1. The molecule has 0 saturated carbocycles. The van der Waals surface area contributed by atoms with Gasteiger partial charge in [0.15, 0.2) is 5.69 Å². The fourth-order valence-corrected chi connectivity index (χ4v) is 3.50. The number of aromatic nitrogens is 2. The molecule has 3 heterocycles. The Labute approximate surface area is 156 Å². The molecule has 0 aliphatic carbocycles. The van der Waals surface area contributed by atoms with Crippen LogP contribution >= 0.6 is 11.6 Å². The molecule has 2 N–H and O–H groups in total. The van der Waals surface area contributed by atoms with Gasteiger partial charge in [-0.05, 0) is 29.7 Å². The van der Waals surface area contributed by atoms with Crippen molar-refractivity contribution in [2.45, 2.75) is 13.0 Å². The lowest BCUT2D eigenvalue weighted by molar-refractivity contribution is 0.0728. The highest BCUT2D eigenvalue weighted by atomic mass is 35.5. The van der Waals surface area contributed by atoms with E-state index >= 15 is 0 Å². The Morgan fingerprint density at radius 3 is 2.81 bits per heavy atom. The second-order valence-corrected chi connectivity index (χ2v) is 6.88. The Balaban J connectivity index is 1.58. The quantitative estimate of drug-likeness (QED) is 0.807. The number of nitrogens with zero attached hydrogens (tertiary/aromatic N) is 4. The van der Waals surface area contributed by atoms with E-state index in [0.717, 1.165) is 12.0 Å². The summed E-state index contributed by atoms with van der Waals surface area (Å²) in [4.78, 5) is 25.5. The van der Waals surface area contributed by atoms with Crippen LogP contribution in [0.4, 0.5) is 11.6 Å². The molecule has 136 valence electrons. The highest BCUT2D eigenvalue weighted by molar-refractivity contribution is 6.33. The minimum atomic E-state index is -0.181. The maximum Gasteiger partial charge on any atom is 0.274 e. The number of fused-ring (bicyclic) bond motifs is 1. The summed E-state index contributed by atoms with van der Waals surface area (Å²) >= 11 is 6.24. The van der Waals surface area contributed by atoms with E-state index in [1.807, 2.05) is 23.1 Å². The van der Waals surface area contributed by atoms with Crippen molar-refractivity contribution in [1.82, 2.24) is 14.9 Å². The molecular formula is C18H20ClN5O2. The number of nitrogens with two attached hydrogens (primary N) is 1. The minimum absolute atomic E-state index is 0.181. The highest BCUT2D eigenvalue weighted by Gasteiger charge is 2.26. The van der Waals surface area contributed by atoms with Crippen LogP contribution in [-0.4, -0.2) is 53.6 Å². The summed E-state index contributed by atoms with van der Waals surface area (Å²) in [5.74, 6) is 0.336. The number of morpholine rings is 1. The van der Waals surface area contributed by atoms with Gasteiger partial charge < -0.3 is 20.3 Å². The minimum Gasteiger partial charge on any atom is -0.399 e. The number of nitrogen functional groups attached to an aromatic ring is 1. The molecule has 2 aliphatic heterocycles. The normalized spacial score (nSPS) is 17.1. The Kier molecular flexibility index (Phi) is 4.65. The maximum atomic E-state index is 13.0. The lowest BCUT2D eigenvalue weighted by Crippen LogP contribution is -2.39. The van der Waals surface area contributed by atoms with Crippen molar-refractivity contribution in [3.05, 3.63) is 46.2 Å². The summed E-state index contributed by atoms with van der Waals surface area (Å²) in [5, 5.41) is 0.269. The fourth-order valence-electron chi connectivity index (χ4n) is 3.32. The number of benzene rings is 1. The third-order valence-corrected chi connectivity index (χ3v) is 5.03. The number of ether oxygens (including phenoxy) is 1. The molecular weight excluding hydrogens is 354 g/mol. The molecule has 0 radical (unpaired) electrons. The zero-order valence-corrected chi connectivity index (χ0v) is 15.1. The van der Waals surface area contributed by atoms with Gasteiger partial charge >= 0.3 is 0 Å². The van der Waals surface area contributed by atoms with E-state index < -0.39 is 0 Å². The van der Waals surface area contributed by atoms with Gasteiger partial charge in [0.05, 0.1) is 24.4 Å². The van der Waals surface area contributed by atoms with Crippen molar-refractivity contribution in [2.75, 3.05) is 43.5 Å². The van der Waals surface area contributed by atoms with Crippen LogP contribution in [0.3, 0.4) is 0 Å². The molecule has 0 atom stereocenters. The summed E-state index contributed by atoms with van der Waals surface area (Å²) in [6.07, 6.45) is 2.29. The van der Waals surface area contributed by atoms with Crippen molar-refractivity contribution >= 4 is 29.1 Å². The van der Waals surface area contributed by atoms with Crippen molar-refractivity contribution in [3.63, 3.8) is 0 Å². The molecule has 2 aliphatic rings. The summed E-state index contributed by atoms with van der Waals surface area (Å²) in [6, 6.07) is 5.85. The maximum absolute atomic E-state index is 13.0. The summed E-state index contributed by atoms with van der Waals surface area (Å²) in [6.45, 7) is 3.78. The second-order valence-electron chi connectivity index (χ2n) is 6.47. The molecule has 0 spiro atoms. The Morgan fingerprint density at radius 2 is 2.00 bits per heavy atom. The van der Waals surface area contributed by atoms with E-state index in [2.05, 4.69) is 9.97 Å². The molecule has 1 aromatic carbocycles. The first-order chi connectivity index (χ1) is 12.6. The van der Waals surface area contributed by atoms with Gasteiger partial charge in [-0.1, -0.05) is 17.7 Å². The predicted molar refractivity (Wildman–Crippen MR) is 99.4 cm³/mol. The molecule has 7 nitrogen and oxygen atoms in total. The zero-order valence-electron chi connectivity index (χ0n) is 14.3. The molecule has 1 fully saturated rings. The van der Waals surface area contributed by atoms with Gasteiger partial charge in [-0.2, -0.15) is 0 Å². The highest BCUT2D eigenvalue weighted by Crippen LogP contribution is 2.25. The first-order valence-electron chi connectivity index (χ1n) is 8.63. The Hall–Kier alpha value is -2.38. The monoisotopic (exact) mass is 373 g/mol. The third kappa shape index (κ3) is 3.32. The fraction of sp³-hybridized carbons (Fsp3) is 0.389. The van der Waals surface area contributed by atoms with Crippen LogP contribution in [0.25, 0.3) is 0 Å². The van der Waals surface area contributed by atoms with Crippen LogP contribution < -0.4 is 10.6 Å². The van der Waals surface area contributed by atoms with Crippen LogP contribution in [0.15, 0.2) is 24.4 Å². The Bertz CT molecular complexity index is 838. The number of halogens is 1. The largest absolute Gasteiger partial charge is 0.399 e. The molecule has 26 heavy (non-hydrogen) atoms. The third-order valence-electron chi connectivity index (χ3n) is 4.76. The van der Waals surface area contributed by atoms with Crippen molar-refractivity contribution in [3.8, 4) is 0 Å². The van der Waals surface area contributed by atoms with Gasteiger partial charge in [-0.25, -0.2) is 9.97 Å². The zero-order chi connectivity index (χ0) is 18.1. The van der Waals surface area contributed by atoms with Crippen LogP contribution in [0.5, 0.6) is 0 Å². The Morgan fingerprint density at radius 1 is 1.19 bits per heavy atom. The average molecular weight is 374 g/mol. The van der Waals surface area contributed by atoms with Gasteiger partial charge in [-0.3, -0.25) is 4.79 Å². The van der Waals surface area contributed by atoms with Gasteiger partial charge in [-0.15, -0.1) is 0 Å². The summed E-state index contributed by atoms with van der Waals surface area (Å²) < 4.78 is 5.35. The number of anilines is 2. The molecule has 1 aromatic heterocycles. The van der Waals surface area contributed by atoms with E-state index in [1.54, 1.807) is 4.90 Å². The van der Waals surface area contributed by atoms with Gasteiger partial charge in [0, 0.05) is 31.9 Å². The van der Waals surface area contributed by atoms with E-state index in [0.29, 0.717) is 51.0 Å². The molecule has 0 unspecified atom stereocenters. The first kappa shape index (κ1) is 17.1. The topological polar surface area (TPSA) is 84.6 Å². The van der Waals surface area contributed by atoms with Crippen LogP contribution in [-0.2, 0) is 17.7 Å². The van der Waals surface area contributed by atoms with Gasteiger partial charge in [0.1, 0.15) is 0 Å². The first-order valence-corrected chi connectivity index (χ1v) is 9.01. The van der Waals surface area contributed by atoms with Gasteiger partial charge in [0.25, 0.3) is 5.91 Å². The lowest BCUT2D eigenvalue weighted by Gasteiger charge is -2.30. The van der Waals surface area contributed by atoms with Crippen LogP contribution in [0.2, 0.25) is 5.02 Å². The standard InChI is InChI=1S/C18H20ClN5O2/c19-15-10-21-18(23-5-7-26-8-6-23)22-16(15)17(25)24-4-3-12-1-2-14(20)9-13(12)11-24/h1-2,9-10H,3-8,11,20H2. The summed E-state index contributed by atoms with van der Waals surface area (Å²) in [7, 11) is 0. The van der Waals surface area contributed by atoms with E-state index in [1.165, 1.54) is 11.8 Å². The number of hydrogen-bond acceptors (Lipinski definition) is 6. The molecule has 4 rings (SSSR count). The molecule has 1 amide bonds. The van der Waals surface area contributed by atoms with E-state index in [4.69, 9.17) is 22.1 Å². The van der Waals surface area contributed by atoms with Gasteiger partial charge in [0.2, 0.25) is 5.95 Å². The lowest BCUT2D eigenvalue weighted by atomic mass is 9.99. The molecule has 2 aromatic rings. The van der Waals surface area contributed by atoms with E-state index in [9.17, 15) is 4.79 Å². The smallest absolute Gasteiger partial charge is 0.274 e. The van der Waals surface area contributed by atoms with Crippen LogP contribution in [0.1, 0.15) is 21.6 Å². The molecule has 8 heteroatoms. The van der Waals surface area contributed by atoms with Crippen LogP contribution in [0, 0.1) is 0 Å². The predicted octanol–water partition coefficient (Wildman–Crippen LogP) is 1.75. The number of amides is 1.